The highest BCUT2D eigenvalue weighted by Gasteiger charge is 2.38. The Bertz CT molecular complexity index is 815. The summed E-state index contributed by atoms with van der Waals surface area (Å²) in [5, 5.41) is 9.80. The predicted molar refractivity (Wildman–Crippen MR) is 98.6 cm³/mol. The lowest BCUT2D eigenvalue weighted by molar-refractivity contribution is 0.0292. The van der Waals surface area contributed by atoms with Crippen LogP contribution in [0.25, 0.3) is 0 Å². The number of aliphatic hydroxyl groups excluding tert-OH is 1. The van der Waals surface area contributed by atoms with Gasteiger partial charge in [0.2, 0.25) is 5.90 Å². The third-order valence-corrected chi connectivity index (χ3v) is 4.25. The molecule has 0 saturated heterocycles. The molecule has 0 aromatic heterocycles. The number of benzene rings is 2. The van der Waals surface area contributed by atoms with Crippen molar-refractivity contribution in [2.75, 3.05) is 34.0 Å². The van der Waals surface area contributed by atoms with Crippen molar-refractivity contribution >= 4 is 11.9 Å². The van der Waals surface area contributed by atoms with Crippen LogP contribution in [-0.4, -0.2) is 56.6 Å². The average molecular weight is 371 g/mol. The lowest BCUT2D eigenvalue weighted by atomic mass is 10.1. The van der Waals surface area contributed by atoms with Gasteiger partial charge in [-0.25, -0.2) is 9.79 Å². The average Bonchev–Trinajstić information content (AvgIpc) is 3.17. The van der Waals surface area contributed by atoms with Gasteiger partial charge in [0.1, 0.15) is 24.7 Å². The third-order valence-electron chi connectivity index (χ3n) is 4.25. The summed E-state index contributed by atoms with van der Waals surface area (Å²) in [4.78, 5) is 16.7. The molecule has 2 aromatic carbocycles. The molecule has 142 valence electrons. The first-order chi connectivity index (χ1) is 13.1. The van der Waals surface area contributed by atoms with E-state index in [0.717, 1.165) is 11.3 Å². The Morgan fingerprint density at radius 1 is 1.07 bits per heavy atom. The molecule has 0 fully saturated rings. The number of aliphatic imine (C=N–C) groups is 1. The molecule has 0 aliphatic carbocycles. The zero-order valence-electron chi connectivity index (χ0n) is 15.2. The molecule has 27 heavy (non-hydrogen) atoms. The molecule has 0 saturated carbocycles. The molecule has 0 spiro atoms. The fraction of sp³-hybridized carbons (Fsp3) is 0.300. The monoisotopic (exact) mass is 371 g/mol. The molecule has 1 N–H and O–H groups in total. The minimum atomic E-state index is -1.02. The number of ether oxygens (including phenoxy) is 4. The number of carbonyl (C=O) groups excluding carboxylic acids is 1. The summed E-state index contributed by atoms with van der Waals surface area (Å²) in [6.07, 6.45) is 0. The summed E-state index contributed by atoms with van der Waals surface area (Å²) in [5.74, 6) is 1.27. The molecular formula is C20H21NO6. The van der Waals surface area contributed by atoms with Crippen LogP contribution in [0.5, 0.6) is 11.5 Å². The standard InChI is InChI=1S/C20H21NO6/c1-24-16-7-3-14(4-8-16)18-21-20(11-22,12-26-18)13-27-19(23)15-5-9-17(25-2)10-6-15/h3-10,22H,11-13H2,1-2H3/t20-/m1/s1. The minimum Gasteiger partial charge on any atom is -0.497 e. The Labute approximate surface area is 157 Å². The van der Waals surface area contributed by atoms with Crippen molar-refractivity contribution in [3.63, 3.8) is 0 Å². The highest BCUT2D eigenvalue weighted by molar-refractivity contribution is 5.95. The summed E-state index contributed by atoms with van der Waals surface area (Å²) in [7, 11) is 3.14. The molecule has 0 radical (unpaired) electrons. The number of carbonyl (C=O) groups is 1. The maximum atomic E-state index is 12.2. The Morgan fingerprint density at radius 2 is 1.67 bits per heavy atom. The summed E-state index contributed by atoms with van der Waals surface area (Å²) in [6, 6.07) is 13.8. The second-order valence-electron chi connectivity index (χ2n) is 6.12. The first-order valence-electron chi connectivity index (χ1n) is 8.38. The van der Waals surface area contributed by atoms with Crippen molar-refractivity contribution in [2.24, 2.45) is 4.99 Å². The van der Waals surface area contributed by atoms with Crippen LogP contribution in [0.1, 0.15) is 15.9 Å². The van der Waals surface area contributed by atoms with Gasteiger partial charge in [-0.05, 0) is 48.5 Å². The fourth-order valence-corrected chi connectivity index (χ4v) is 2.58. The molecule has 1 aliphatic heterocycles. The van der Waals surface area contributed by atoms with Crippen LogP contribution >= 0.6 is 0 Å². The number of aliphatic hydroxyl groups is 1. The van der Waals surface area contributed by atoms with E-state index < -0.39 is 11.5 Å². The van der Waals surface area contributed by atoms with Crippen molar-refractivity contribution in [1.82, 2.24) is 0 Å². The highest BCUT2D eigenvalue weighted by atomic mass is 16.5. The van der Waals surface area contributed by atoms with Gasteiger partial charge in [-0.3, -0.25) is 0 Å². The molecule has 3 rings (SSSR count). The van der Waals surface area contributed by atoms with E-state index in [-0.39, 0.29) is 19.8 Å². The van der Waals surface area contributed by atoms with Crippen LogP contribution < -0.4 is 9.47 Å². The molecule has 0 unspecified atom stereocenters. The lowest BCUT2D eigenvalue weighted by Gasteiger charge is -2.20. The Morgan fingerprint density at radius 3 is 2.22 bits per heavy atom. The van der Waals surface area contributed by atoms with Crippen molar-refractivity contribution in [3.05, 3.63) is 59.7 Å². The third kappa shape index (κ3) is 4.20. The minimum absolute atomic E-state index is 0.0893. The Balaban J connectivity index is 1.68. The molecule has 1 aliphatic rings. The highest BCUT2D eigenvalue weighted by Crippen LogP contribution is 2.24. The molecule has 2 aromatic rings. The number of rotatable bonds is 7. The number of hydrogen-bond donors (Lipinski definition) is 1. The van der Waals surface area contributed by atoms with Crippen LogP contribution in [0.4, 0.5) is 0 Å². The number of hydrogen-bond acceptors (Lipinski definition) is 7. The first-order valence-corrected chi connectivity index (χ1v) is 8.38. The van der Waals surface area contributed by atoms with Crippen molar-refractivity contribution < 1.29 is 28.8 Å². The zero-order valence-corrected chi connectivity index (χ0v) is 15.2. The summed E-state index contributed by atoms with van der Waals surface area (Å²) >= 11 is 0. The SMILES string of the molecule is COc1ccc(C(=O)OC[C@@]2(CO)COC(c3ccc(OC)cc3)=N2)cc1. The summed E-state index contributed by atoms with van der Waals surface area (Å²) in [6.45, 7) is -0.267. The maximum absolute atomic E-state index is 12.2. The first kappa shape index (κ1) is 18.7. The van der Waals surface area contributed by atoms with E-state index in [9.17, 15) is 9.90 Å². The van der Waals surface area contributed by atoms with Crippen molar-refractivity contribution in [2.45, 2.75) is 5.54 Å². The largest absolute Gasteiger partial charge is 0.497 e. The van der Waals surface area contributed by atoms with E-state index in [0.29, 0.717) is 17.2 Å². The van der Waals surface area contributed by atoms with E-state index in [1.165, 1.54) is 0 Å². The quantitative estimate of drug-likeness (QED) is 0.750. The van der Waals surface area contributed by atoms with Gasteiger partial charge >= 0.3 is 5.97 Å². The predicted octanol–water partition coefficient (Wildman–Crippen LogP) is 2.07. The van der Waals surface area contributed by atoms with E-state index in [1.54, 1.807) is 50.6 Å². The van der Waals surface area contributed by atoms with Gasteiger partial charge in [-0.2, -0.15) is 0 Å². The van der Waals surface area contributed by atoms with Crippen molar-refractivity contribution in [1.29, 1.82) is 0 Å². The topological polar surface area (TPSA) is 86.6 Å². The van der Waals surface area contributed by atoms with Gasteiger partial charge in [0.05, 0.1) is 26.4 Å². The van der Waals surface area contributed by atoms with Gasteiger partial charge in [0, 0.05) is 5.56 Å². The smallest absolute Gasteiger partial charge is 0.338 e. The number of methoxy groups -OCH3 is 2. The van der Waals surface area contributed by atoms with Gasteiger partial charge in [-0.15, -0.1) is 0 Å². The molecule has 1 heterocycles. The van der Waals surface area contributed by atoms with E-state index in [4.69, 9.17) is 18.9 Å². The maximum Gasteiger partial charge on any atom is 0.338 e. The number of nitrogens with zero attached hydrogens (tertiary/aromatic N) is 1. The van der Waals surface area contributed by atoms with Gasteiger partial charge in [0.15, 0.2) is 5.54 Å². The molecule has 0 bridgehead atoms. The summed E-state index contributed by atoms with van der Waals surface area (Å²) < 4.78 is 21.2. The van der Waals surface area contributed by atoms with Crippen LogP contribution in [0.2, 0.25) is 0 Å². The normalized spacial score (nSPS) is 18.4. The van der Waals surface area contributed by atoms with Gasteiger partial charge < -0.3 is 24.1 Å². The molecule has 7 nitrogen and oxygen atoms in total. The fourth-order valence-electron chi connectivity index (χ4n) is 2.58. The second kappa shape index (κ2) is 8.09. The van der Waals surface area contributed by atoms with Crippen LogP contribution in [0.15, 0.2) is 53.5 Å². The molecule has 7 heteroatoms. The van der Waals surface area contributed by atoms with Gasteiger partial charge in [0.25, 0.3) is 0 Å². The molecular weight excluding hydrogens is 350 g/mol. The number of esters is 1. The summed E-state index contributed by atoms with van der Waals surface area (Å²) in [5.41, 5.74) is 0.131. The van der Waals surface area contributed by atoms with Crippen LogP contribution in [0.3, 0.4) is 0 Å². The van der Waals surface area contributed by atoms with Gasteiger partial charge in [-0.1, -0.05) is 0 Å². The molecule has 1 atom stereocenters. The Kier molecular flexibility index (Phi) is 5.61. The molecule has 0 amide bonds. The zero-order chi connectivity index (χ0) is 19.3. The van der Waals surface area contributed by atoms with E-state index in [1.807, 2.05) is 12.1 Å². The lowest BCUT2D eigenvalue weighted by Crippen LogP contribution is -2.39. The Hall–Kier alpha value is -3.06. The van der Waals surface area contributed by atoms with Crippen molar-refractivity contribution in [3.8, 4) is 11.5 Å². The second-order valence-corrected chi connectivity index (χ2v) is 6.12. The van der Waals surface area contributed by atoms with Crippen LogP contribution in [-0.2, 0) is 9.47 Å². The van der Waals surface area contributed by atoms with E-state index >= 15 is 0 Å². The van der Waals surface area contributed by atoms with Crippen LogP contribution in [0, 0.1) is 0 Å². The van der Waals surface area contributed by atoms with E-state index in [2.05, 4.69) is 4.99 Å².